The van der Waals surface area contributed by atoms with E-state index in [1.165, 1.54) is 101 Å². The van der Waals surface area contributed by atoms with Crippen LogP contribution >= 0.6 is 0 Å². The van der Waals surface area contributed by atoms with E-state index in [4.69, 9.17) is 0 Å². The fraction of sp³-hybridized carbons (Fsp3) is 0.778. The minimum Gasteiger partial charge on any atom is -0.372 e. The third-order valence-corrected chi connectivity index (χ3v) is 8.08. The fourth-order valence-electron chi connectivity index (χ4n) is 5.62. The van der Waals surface area contributed by atoms with Crippen molar-refractivity contribution in [3.05, 3.63) is 29.3 Å². The van der Waals surface area contributed by atoms with Crippen LogP contribution in [0, 0.1) is 24.7 Å². The lowest BCUT2D eigenvalue weighted by atomic mass is 9.84. The minimum atomic E-state index is 0.935. The molecule has 2 nitrogen and oxygen atoms in total. The Bertz CT molecular complexity index is 591. The summed E-state index contributed by atoms with van der Waals surface area (Å²) in [6, 6.07) is 7.08. The van der Waals surface area contributed by atoms with E-state index in [0.717, 1.165) is 24.2 Å². The SMILES string of the molecule is CCc1cc(N2CCC(CCN3CCC(CC(CC)CC)CC3)CC2)ccc1C. The Morgan fingerprint density at radius 3 is 2.17 bits per heavy atom. The Morgan fingerprint density at radius 2 is 1.55 bits per heavy atom. The van der Waals surface area contributed by atoms with Gasteiger partial charge in [0, 0.05) is 18.8 Å². The van der Waals surface area contributed by atoms with Gasteiger partial charge in [-0.3, -0.25) is 0 Å². The molecular formula is C27H46N2. The molecule has 2 saturated heterocycles. The summed E-state index contributed by atoms with van der Waals surface area (Å²) in [7, 11) is 0. The van der Waals surface area contributed by atoms with Crippen molar-refractivity contribution < 1.29 is 0 Å². The maximum atomic E-state index is 2.77. The van der Waals surface area contributed by atoms with E-state index >= 15 is 0 Å². The summed E-state index contributed by atoms with van der Waals surface area (Å²) < 4.78 is 0. The van der Waals surface area contributed by atoms with Gasteiger partial charge in [0.25, 0.3) is 0 Å². The third-order valence-electron chi connectivity index (χ3n) is 8.08. The van der Waals surface area contributed by atoms with Gasteiger partial charge in [-0.1, -0.05) is 39.7 Å². The second kappa shape index (κ2) is 11.4. The van der Waals surface area contributed by atoms with Crippen LogP contribution in [0.4, 0.5) is 5.69 Å². The van der Waals surface area contributed by atoms with Crippen molar-refractivity contribution in [3.8, 4) is 0 Å². The van der Waals surface area contributed by atoms with Gasteiger partial charge < -0.3 is 9.80 Å². The number of benzene rings is 1. The Labute approximate surface area is 181 Å². The summed E-state index contributed by atoms with van der Waals surface area (Å²) in [5, 5.41) is 0. The van der Waals surface area contributed by atoms with Crippen molar-refractivity contribution in [1.29, 1.82) is 0 Å². The molecule has 0 N–H and O–H groups in total. The monoisotopic (exact) mass is 398 g/mol. The average molecular weight is 399 g/mol. The molecule has 29 heavy (non-hydrogen) atoms. The van der Waals surface area contributed by atoms with Crippen LogP contribution < -0.4 is 4.90 Å². The quantitative estimate of drug-likeness (QED) is 0.456. The lowest BCUT2D eigenvalue weighted by Crippen LogP contribution is -2.38. The second-order valence-electron chi connectivity index (χ2n) is 9.89. The van der Waals surface area contributed by atoms with Crippen molar-refractivity contribution in [1.82, 2.24) is 4.90 Å². The van der Waals surface area contributed by atoms with Gasteiger partial charge in [0.1, 0.15) is 0 Å². The van der Waals surface area contributed by atoms with Gasteiger partial charge in [0.2, 0.25) is 0 Å². The number of anilines is 1. The number of aryl methyl sites for hydroxylation is 2. The zero-order valence-corrected chi connectivity index (χ0v) is 19.8. The highest BCUT2D eigenvalue weighted by molar-refractivity contribution is 5.51. The third kappa shape index (κ3) is 6.48. The van der Waals surface area contributed by atoms with Crippen molar-refractivity contribution in [2.24, 2.45) is 17.8 Å². The van der Waals surface area contributed by atoms with Gasteiger partial charge in [-0.05, 0) is 113 Å². The number of rotatable bonds is 9. The normalized spacial score (nSPS) is 20.0. The molecule has 0 saturated carbocycles. The van der Waals surface area contributed by atoms with Gasteiger partial charge in [-0.2, -0.15) is 0 Å². The molecule has 0 aliphatic carbocycles. The van der Waals surface area contributed by atoms with Crippen LogP contribution in [0.2, 0.25) is 0 Å². The first-order valence-electron chi connectivity index (χ1n) is 12.7. The number of hydrogen-bond donors (Lipinski definition) is 0. The lowest BCUT2D eigenvalue weighted by molar-refractivity contribution is 0.154. The summed E-state index contributed by atoms with van der Waals surface area (Å²) in [6.07, 6.45) is 12.4. The maximum absolute atomic E-state index is 2.77. The van der Waals surface area contributed by atoms with Gasteiger partial charge in [-0.15, -0.1) is 0 Å². The molecule has 3 rings (SSSR count). The highest BCUT2D eigenvalue weighted by Crippen LogP contribution is 2.29. The van der Waals surface area contributed by atoms with Crippen LogP contribution in [0.3, 0.4) is 0 Å². The van der Waals surface area contributed by atoms with Gasteiger partial charge >= 0.3 is 0 Å². The van der Waals surface area contributed by atoms with Crippen LogP contribution in [0.5, 0.6) is 0 Å². The molecule has 0 radical (unpaired) electrons. The summed E-state index contributed by atoms with van der Waals surface area (Å²) in [4.78, 5) is 5.39. The van der Waals surface area contributed by atoms with Crippen LogP contribution in [0.15, 0.2) is 18.2 Å². The molecule has 164 valence electrons. The van der Waals surface area contributed by atoms with E-state index < -0.39 is 0 Å². The maximum Gasteiger partial charge on any atom is 0.0369 e. The molecule has 0 atom stereocenters. The average Bonchev–Trinajstić information content (AvgIpc) is 2.77. The predicted octanol–water partition coefficient (Wildman–Crippen LogP) is 6.70. The summed E-state index contributed by atoms with van der Waals surface area (Å²) in [6.45, 7) is 15.8. The van der Waals surface area contributed by atoms with Crippen LogP contribution in [0.25, 0.3) is 0 Å². The molecule has 1 aromatic carbocycles. The van der Waals surface area contributed by atoms with Crippen molar-refractivity contribution in [3.63, 3.8) is 0 Å². The van der Waals surface area contributed by atoms with Crippen molar-refractivity contribution in [2.75, 3.05) is 37.6 Å². The molecule has 0 spiro atoms. The molecular weight excluding hydrogens is 352 g/mol. The highest BCUT2D eigenvalue weighted by Gasteiger charge is 2.24. The Morgan fingerprint density at radius 1 is 0.897 bits per heavy atom. The van der Waals surface area contributed by atoms with Crippen molar-refractivity contribution in [2.45, 2.75) is 85.5 Å². The van der Waals surface area contributed by atoms with E-state index in [0.29, 0.717) is 0 Å². The Kier molecular flexibility index (Phi) is 8.90. The topological polar surface area (TPSA) is 6.48 Å². The van der Waals surface area contributed by atoms with Gasteiger partial charge in [0.05, 0.1) is 0 Å². The summed E-state index contributed by atoms with van der Waals surface area (Å²) in [5.41, 5.74) is 4.40. The van der Waals surface area contributed by atoms with E-state index in [2.05, 4.69) is 55.7 Å². The van der Waals surface area contributed by atoms with E-state index in [-0.39, 0.29) is 0 Å². The first-order valence-corrected chi connectivity index (χ1v) is 12.7. The van der Waals surface area contributed by atoms with Crippen LogP contribution in [-0.2, 0) is 6.42 Å². The molecule has 0 unspecified atom stereocenters. The molecule has 0 aromatic heterocycles. The zero-order chi connectivity index (χ0) is 20.6. The molecule has 2 heterocycles. The zero-order valence-electron chi connectivity index (χ0n) is 19.8. The highest BCUT2D eigenvalue weighted by atomic mass is 15.1. The molecule has 2 aliphatic rings. The van der Waals surface area contributed by atoms with E-state index in [1.54, 1.807) is 0 Å². The number of piperidine rings is 2. The second-order valence-corrected chi connectivity index (χ2v) is 9.89. The first kappa shape index (κ1) is 22.7. The number of likely N-dealkylation sites (tertiary alicyclic amines) is 1. The summed E-state index contributed by atoms with van der Waals surface area (Å²) in [5.74, 6) is 2.91. The van der Waals surface area contributed by atoms with Crippen molar-refractivity contribution >= 4 is 5.69 Å². The van der Waals surface area contributed by atoms with E-state index in [1.807, 2.05) is 0 Å². The Hall–Kier alpha value is -1.02. The van der Waals surface area contributed by atoms with Gasteiger partial charge in [0.15, 0.2) is 0 Å². The minimum absolute atomic E-state index is 0.935. The largest absolute Gasteiger partial charge is 0.372 e. The predicted molar refractivity (Wildman–Crippen MR) is 128 cm³/mol. The van der Waals surface area contributed by atoms with Gasteiger partial charge in [-0.25, -0.2) is 0 Å². The number of hydrogen-bond acceptors (Lipinski definition) is 2. The molecule has 2 aliphatic heterocycles. The molecule has 2 heteroatoms. The van der Waals surface area contributed by atoms with E-state index in [9.17, 15) is 0 Å². The van der Waals surface area contributed by atoms with Crippen LogP contribution in [0.1, 0.15) is 83.3 Å². The lowest BCUT2D eigenvalue weighted by Gasteiger charge is -2.37. The Balaban J connectivity index is 1.35. The fourth-order valence-corrected chi connectivity index (χ4v) is 5.62. The standard InChI is InChI=1S/C27H46N2/c1-5-23(6-2)20-25-11-16-28(17-12-25)15-10-24-13-18-29(19-14-24)27-9-8-22(4)26(7-3)21-27/h8-9,21,23-25H,5-7,10-20H2,1-4H3. The summed E-state index contributed by atoms with van der Waals surface area (Å²) >= 11 is 0. The molecule has 0 bridgehead atoms. The molecule has 0 amide bonds. The number of nitrogens with zero attached hydrogens (tertiary/aromatic N) is 2. The smallest absolute Gasteiger partial charge is 0.0369 e. The molecule has 2 fully saturated rings. The van der Waals surface area contributed by atoms with Crippen LogP contribution in [-0.4, -0.2) is 37.6 Å². The first-order chi connectivity index (χ1) is 14.1. The molecule has 1 aromatic rings.